The summed E-state index contributed by atoms with van der Waals surface area (Å²) in [6, 6.07) is 21.2. The Balaban J connectivity index is 2.17. The van der Waals surface area contributed by atoms with Crippen molar-refractivity contribution in [1.82, 2.24) is 5.32 Å². The third kappa shape index (κ3) is 2.67. The summed E-state index contributed by atoms with van der Waals surface area (Å²) < 4.78 is 0. The van der Waals surface area contributed by atoms with Crippen molar-refractivity contribution in [1.29, 1.82) is 0 Å². The highest BCUT2D eigenvalue weighted by atomic mass is 35.5. The third-order valence-corrected chi connectivity index (χ3v) is 4.23. The summed E-state index contributed by atoms with van der Waals surface area (Å²) in [6.07, 6.45) is 0. The van der Waals surface area contributed by atoms with Crippen LogP contribution in [0.1, 0.15) is 22.7 Å². The number of rotatable bonds is 3. The highest BCUT2D eigenvalue weighted by Crippen LogP contribution is 2.31. The first-order chi connectivity index (χ1) is 10.2. The molecule has 0 aliphatic heterocycles. The first-order valence-corrected chi connectivity index (χ1v) is 7.49. The molecule has 0 aliphatic rings. The Labute approximate surface area is 130 Å². The van der Waals surface area contributed by atoms with Crippen molar-refractivity contribution in [3.8, 4) is 0 Å². The highest BCUT2D eigenvalue weighted by molar-refractivity contribution is 6.30. The van der Waals surface area contributed by atoms with Crippen LogP contribution < -0.4 is 5.32 Å². The fraction of sp³-hybridized carbons (Fsp3) is 0.158. The van der Waals surface area contributed by atoms with E-state index in [2.05, 4.69) is 60.8 Å². The lowest BCUT2D eigenvalue weighted by Gasteiger charge is -2.20. The maximum atomic E-state index is 6.00. The molecule has 0 saturated carbocycles. The van der Waals surface area contributed by atoms with Gasteiger partial charge in [0.2, 0.25) is 0 Å². The lowest BCUT2D eigenvalue weighted by atomic mass is 9.92. The van der Waals surface area contributed by atoms with Gasteiger partial charge in [0.1, 0.15) is 0 Å². The molecule has 2 heteroatoms. The molecule has 3 aromatic carbocycles. The van der Waals surface area contributed by atoms with Gasteiger partial charge in [-0.3, -0.25) is 0 Å². The summed E-state index contributed by atoms with van der Waals surface area (Å²) in [6.45, 7) is 2.16. The third-order valence-electron chi connectivity index (χ3n) is 3.98. The first kappa shape index (κ1) is 14.1. The molecule has 1 atom stereocenters. The van der Waals surface area contributed by atoms with E-state index < -0.39 is 0 Å². The van der Waals surface area contributed by atoms with Crippen LogP contribution in [0.2, 0.25) is 5.02 Å². The van der Waals surface area contributed by atoms with Crippen molar-refractivity contribution in [2.45, 2.75) is 13.0 Å². The van der Waals surface area contributed by atoms with Gasteiger partial charge in [0.15, 0.2) is 0 Å². The minimum Gasteiger partial charge on any atom is -0.309 e. The van der Waals surface area contributed by atoms with E-state index in [1.165, 1.54) is 27.5 Å². The molecule has 0 heterocycles. The van der Waals surface area contributed by atoms with Crippen LogP contribution in [-0.4, -0.2) is 7.05 Å². The predicted molar refractivity (Wildman–Crippen MR) is 91.0 cm³/mol. The summed E-state index contributed by atoms with van der Waals surface area (Å²) in [5.41, 5.74) is 3.82. The maximum Gasteiger partial charge on any atom is 0.0580 e. The quantitative estimate of drug-likeness (QED) is 0.708. The van der Waals surface area contributed by atoms with Crippen LogP contribution in [0.5, 0.6) is 0 Å². The van der Waals surface area contributed by atoms with E-state index in [9.17, 15) is 0 Å². The van der Waals surface area contributed by atoms with Crippen LogP contribution in [0.15, 0.2) is 60.7 Å². The molecular weight excluding hydrogens is 278 g/mol. The van der Waals surface area contributed by atoms with Crippen LogP contribution in [-0.2, 0) is 0 Å². The van der Waals surface area contributed by atoms with E-state index in [4.69, 9.17) is 11.6 Å². The minimum absolute atomic E-state index is 0.160. The number of hydrogen-bond donors (Lipinski definition) is 1. The van der Waals surface area contributed by atoms with Crippen molar-refractivity contribution in [3.63, 3.8) is 0 Å². The van der Waals surface area contributed by atoms with Gasteiger partial charge in [0, 0.05) is 5.02 Å². The zero-order valence-corrected chi connectivity index (χ0v) is 13.0. The minimum atomic E-state index is 0.160. The molecular formula is C19H18ClN. The van der Waals surface area contributed by atoms with Crippen LogP contribution >= 0.6 is 11.6 Å². The first-order valence-electron chi connectivity index (χ1n) is 7.11. The Hall–Kier alpha value is -1.83. The van der Waals surface area contributed by atoms with Gasteiger partial charge in [-0.1, -0.05) is 60.1 Å². The molecule has 0 fully saturated rings. The van der Waals surface area contributed by atoms with Crippen LogP contribution in [0.4, 0.5) is 0 Å². The van der Waals surface area contributed by atoms with Gasteiger partial charge in [-0.05, 0) is 53.6 Å². The summed E-state index contributed by atoms with van der Waals surface area (Å²) >= 11 is 6.00. The molecule has 3 aromatic rings. The number of nitrogens with one attached hydrogen (secondary N) is 1. The molecule has 0 amide bonds. The number of aryl methyl sites for hydroxylation is 1. The van der Waals surface area contributed by atoms with Gasteiger partial charge >= 0.3 is 0 Å². The lowest BCUT2D eigenvalue weighted by Crippen LogP contribution is -2.18. The topological polar surface area (TPSA) is 12.0 Å². The molecule has 0 radical (unpaired) electrons. The summed E-state index contributed by atoms with van der Waals surface area (Å²) in [4.78, 5) is 0. The second-order valence-electron chi connectivity index (χ2n) is 5.29. The molecule has 0 spiro atoms. The van der Waals surface area contributed by atoms with E-state index in [-0.39, 0.29) is 6.04 Å². The van der Waals surface area contributed by atoms with E-state index >= 15 is 0 Å². The Morgan fingerprint density at radius 2 is 1.52 bits per heavy atom. The van der Waals surface area contributed by atoms with E-state index in [0.717, 1.165) is 5.02 Å². The number of benzene rings is 3. The Bertz CT molecular complexity index is 762. The van der Waals surface area contributed by atoms with Gasteiger partial charge in [-0.2, -0.15) is 0 Å². The second-order valence-corrected chi connectivity index (χ2v) is 5.73. The van der Waals surface area contributed by atoms with Gasteiger partial charge in [-0.25, -0.2) is 0 Å². The summed E-state index contributed by atoms with van der Waals surface area (Å²) in [7, 11) is 1.99. The van der Waals surface area contributed by atoms with Gasteiger partial charge in [0.05, 0.1) is 6.04 Å². The zero-order chi connectivity index (χ0) is 14.8. The molecule has 1 unspecified atom stereocenters. The van der Waals surface area contributed by atoms with Gasteiger partial charge in [-0.15, -0.1) is 0 Å². The standard InChI is InChI=1S/C19H18ClN/c1-13-7-12-18(17-6-4-3-5-16(13)17)19(21-2)14-8-10-15(20)11-9-14/h3-12,19,21H,1-2H3. The molecule has 1 nitrogen and oxygen atoms in total. The van der Waals surface area contributed by atoms with Crippen molar-refractivity contribution in [2.75, 3.05) is 7.05 Å². The van der Waals surface area contributed by atoms with Crippen LogP contribution in [0.3, 0.4) is 0 Å². The molecule has 0 aliphatic carbocycles. The number of hydrogen-bond acceptors (Lipinski definition) is 1. The fourth-order valence-corrected chi connectivity index (χ4v) is 3.01. The van der Waals surface area contributed by atoms with Crippen LogP contribution in [0, 0.1) is 6.92 Å². The smallest absolute Gasteiger partial charge is 0.0580 e. The molecule has 3 rings (SSSR count). The van der Waals surface area contributed by atoms with Gasteiger partial charge in [0.25, 0.3) is 0 Å². The van der Waals surface area contributed by atoms with E-state index in [1.54, 1.807) is 0 Å². The second kappa shape index (κ2) is 5.88. The lowest BCUT2D eigenvalue weighted by molar-refractivity contribution is 0.697. The molecule has 1 N–H and O–H groups in total. The van der Waals surface area contributed by atoms with Crippen molar-refractivity contribution in [3.05, 3.63) is 82.4 Å². The van der Waals surface area contributed by atoms with Crippen LogP contribution in [0.25, 0.3) is 10.8 Å². The average Bonchev–Trinajstić information content (AvgIpc) is 2.52. The molecule has 0 bridgehead atoms. The molecule has 106 valence electrons. The van der Waals surface area contributed by atoms with Crippen molar-refractivity contribution < 1.29 is 0 Å². The summed E-state index contributed by atoms with van der Waals surface area (Å²) in [5, 5.41) is 6.80. The highest BCUT2D eigenvalue weighted by Gasteiger charge is 2.15. The monoisotopic (exact) mass is 295 g/mol. The molecule has 0 aromatic heterocycles. The number of fused-ring (bicyclic) bond motifs is 1. The Morgan fingerprint density at radius 3 is 2.19 bits per heavy atom. The summed E-state index contributed by atoms with van der Waals surface area (Å²) in [5.74, 6) is 0. The predicted octanol–water partition coefficient (Wildman–Crippen LogP) is 5.11. The van der Waals surface area contributed by atoms with E-state index in [1.807, 2.05) is 19.2 Å². The van der Waals surface area contributed by atoms with Crippen molar-refractivity contribution in [2.24, 2.45) is 0 Å². The normalized spacial score (nSPS) is 12.5. The maximum absolute atomic E-state index is 6.00. The van der Waals surface area contributed by atoms with Crippen molar-refractivity contribution >= 4 is 22.4 Å². The molecule has 0 saturated heterocycles. The van der Waals surface area contributed by atoms with Gasteiger partial charge < -0.3 is 5.32 Å². The fourth-order valence-electron chi connectivity index (χ4n) is 2.88. The molecule has 21 heavy (non-hydrogen) atoms. The Morgan fingerprint density at radius 1 is 0.857 bits per heavy atom. The zero-order valence-electron chi connectivity index (χ0n) is 12.2. The number of halogens is 1. The van der Waals surface area contributed by atoms with E-state index in [0.29, 0.717) is 0 Å². The average molecular weight is 296 g/mol. The SMILES string of the molecule is CNC(c1ccc(Cl)cc1)c1ccc(C)c2ccccc12. The Kier molecular flexibility index (Phi) is 3.96. The largest absolute Gasteiger partial charge is 0.309 e.